The Hall–Kier alpha value is -0.860. The molecule has 0 atom stereocenters. The van der Waals surface area contributed by atoms with E-state index >= 15 is 0 Å². The molecule has 0 aliphatic rings. The van der Waals surface area contributed by atoms with Crippen molar-refractivity contribution in [2.24, 2.45) is 0 Å². The van der Waals surface area contributed by atoms with E-state index in [1.54, 1.807) is 0 Å². The van der Waals surface area contributed by atoms with Crippen molar-refractivity contribution in [3.05, 3.63) is 35.4 Å². The normalized spacial score (nSPS) is 9.80. The molecule has 0 bridgehead atoms. The first-order chi connectivity index (χ1) is 4.86. The van der Waals surface area contributed by atoms with Crippen molar-refractivity contribution in [2.75, 3.05) is 0 Å². The molecule has 54 valence electrons. The maximum absolute atomic E-state index is 8.74. The summed E-state index contributed by atoms with van der Waals surface area (Å²) in [5.74, 6) is 0. The van der Waals surface area contributed by atoms with Gasteiger partial charge < -0.3 is 10.8 Å². The van der Waals surface area contributed by atoms with Crippen LogP contribution in [0.25, 0.3) is 0 Å². The Bertz CT molecular complexity index is 191. The van der Waals surface area contributed by atoms with Crippen LogP contribution >= 0.6 is 0 Å². The number of aliphatic hydroxyl groups excluding tert-OH is 1. The minimum Gasteiger partial charge on any atom is -0.392 e. The van der Waals surface area contributed by atoms with Gasteiger partial charge in [-0.2, -0.15) is 0 Å². The second-order valence-electron chi connectivity index (χ2n) is 2.23. The number of aliphatic hydroxyl groups is 1. The van der Waals surface area contributed by atoms with E-state index < -0.39 is 0 Å². The van der Waals surface area contributed by atoms with Crippen molar-refractivity contribution in [2.45, 2.75) is 13.2 Å². The quantitative estimate of drug-likeness (QED) is 0.590. The van der Waals surface area contributed by atoms with Gasteiger partial charge in [0.15, 0.2) is 0 Å². The first kappa shape index (κ1) is 7.25. The third kappa shape index (κ3) is 1.56. The fraction of sp³-hybridized carbons (Fsp3) is 0.250. The van der Waals surface area contributed by atoms with Gasteiger partial charge >= 0.3 is 0 Å². The maximum atomic E-state index is 8.74. The standard InChI is InChI=1S/C8H11NO/c9-5-7-2-1-3-8(4-7)6-10/h1-4,10H,5-6,9H2/p+1. The SMILES string of the molecule is [NH3+]Cc1cccc(CO)c1. The molecular formula is C8H12NO+. The van der Waals surface area contributed by atoms with E-state index in [1.165, 1.54) is 5.56 Å². The zero-order valence-electron chi connectivity index (χ0n) is 5.88. The minimum atomic E-state index is 0.119. The molecule has 0 amide bonds. The molecule has 1 aromatic rings. The summed E-state index contributed by atoms with van der Waals surface area (Å²) in [5, 5.41) is 8.74. The van der Waals surface area contributed by atoms with Crippen molar-refractivity contribution in [1.82, 2.24) is 0 Å². The summed E-state index contributed by atoms with van der Waals surface area (Å²) in [6.07, 6.45) is 0. The van der Waals surface area contributed by atoms with Crippen molar-refractivity contribution in [3.8, 4) is 0 Å². The molecular weight excluding hydrogens is 126 g/mol. The lowest BCUT2D eigenvalue weighted by molar-refractivity contribution is -0.386. The van der Waals surface area contributed by atoms with Crippen LogP contribution in [0.5, 0.6) is 0 Å². The van der Waals surface area contributed by atoms with Crippen molar-refractivity contribution >= 4 is 0 Å². The van der Waals surface area contributed by atoms with Gasteiger partial charge in [-0.1, -0.05) is 18.2 Å². The highest BCUT2D eigenvalue weighted by Crippen LogP contribution is 2.02. The average Bonchev–Trinajstić information content (AvgIpc) is 2.05. The van der Waals surface area contributed by atoms with Crippen LogP contribution in [-0.4, -0.2) is 5.11 Å². The van der Waals surface area contributed by atoms with Crippen molar-refractivity contribution in [3.63, 3.8) is 0 Å². The number of quaternary nitrogens is 1. The highest BCUT2D eigenvalue weighted by Gasteiger charge is 1.92. The van der Waals surface area contributed by atoms with Crippen LogP contribution in [0, 0.1) is 0 Å². The summed E-state index contributed by atoms with van der Waals surface area (Å²) in [4.78, 5) is 0. The Labute approximate surface area is 60.3 Å². The molecule has 2 nitrogen and oxygen atoms in total. The first-order valence-electron chi connectivity index (χ1n) is 3.34. The molecule has 10 heavy (non-hydrogen) atoms. The van der Waals surface area contributed by atoms with Crippen LogP contribution in [-0.2, 0) is 13.2 Å². The Balaban J connectivity index is 2.87. The molecule has 0 fully saturated rings. The molecule has 0 aromatic heterocycles. The molecule has 1 rings (SSSR count). The second-order valence-corrected chi connectivity index (χ2v) is 2.23. The molecule has 0 aliphatic carbocycles. The largest absolute Gasteiger partial charge is 0.392 e. The van der Waals surface area contributed by atoms with Gasteiger partial charge in [-0.3, -0.25) is 0 Å². The Morgan fingerprint density at radius 3 is 2.60 bits per heavy atom. The second kappa shape index (κ2) is 3.34. The summed E-state index contributed by atoms with van der Waals surface area (Å²) in [6.45, 7) is 0.904. The van der Waals surface area contributed by atoms with Gasteiger partial charge in [-0.05, 0) is 11.6 Å². The molecule has 4 N–H and O–H groups in total. The van der Waals surface area contributed by atoms with Crippen LogP contribution < -0.4 is 5.73 Å². The Morgan fingerprint density at radius 2 is 2.00 bits per heavy atom. The lowest BCUT2D eigenvalue weighted by atomic mass is 10.1. The molecule has 0 saturated heterocycles. The molecule has 0 unspecified atom stereocenters. The molecule has 1 aromatic carbocycles. The van der Waals surface area contributed by atoms with Crippen LogP contribution in [0.4, 0.5) is 0 Å². The highest BCUT2D eigenvalue weighted by atomic mass is 16.3. The van der Waals surface area contributed by atoms with Crippen LogP contribution in [0.2, 0.25) is 0 Å². The van der Waals surface area contributed by atoms with E-state index in [9.17, 15) is 0 Å². The van der Waals surface area contributed by atoms with Gasteiger partial charge in [-0.25, -0.2) is 0 Å². The summed E-state index contributed by atoms with van der Waals surface area (Å²) in [6, 6.07) is 7.81. The number of rotatable bonds is 2. The lowest BCUT2D eigenvalue weighted by Crippen LogP contribution is -2.47. The smallest absolute Gasteiger partial charge is 0.0997 e. The van der Waals surface area contributed by atoms with E-state index in [4.69, 9.17) is 5.11 Å². The molecule has 0 saturated carbocycles. The Kier molecular flexibility index (Phi) is 2.42. The third-order valence-corrected chi connectivity index (χ3v) is 1.46. The first-order valence-corrected chi connectivity index (χ1v) is 3.34. The highest BCUT2D eigenvalue weighted by molar-refractivity contribution is 5.21. The molecule has 0 spiro atoms. The monoisotopic (exact) mass is 138 g/mol. The number of hydrogen-bond donors (Lipinski definition) is 2. The van der Waals surface area contributed by atoms with Crippen LogP contribution in [0.3, 0.4) is 0 Å². The van der Waals surface area contributed by atoms with E-state index in [0.717, 1.165) is 12.1 Å². The predicted molar refractivity (Wildman–Crippen MR) is 39.0 cm³/mol. The minimum absolute atomic E-state index is 0.119. The maximum Gasteiger partial charge on any atom is 0.0997 e. The van der Waals surface area contributed by atoms with E-state index in [0.29, 0.717) is 0 Å². The van der Waals surface area contributed by atoms with Gasteiger partial charge in [0.25, 0.3) is 0 Å². The van der Waals surface area contributed by atoms with E-state index in [2.05, 4.69) is 5.73 Å². The zero-order valence-corrected chi connectivity index (χ0v) is 5.88. The molecule has 0 heterocycles. The predicted octanol–water partition coefficient (Wildman–Crippen LogP) is -0.0792. The molecule has 0 radical (unpaired) electrons. The third-order valence-electron chi connectivity index (χ3n) is 1.46. The van der Waals surface area contributed by atoms with Crippen LogP contribution in [0.1, 0.15) is 11.1 Å². The summed E-state index contributed by atoms with van der Waals surface area (Å²) in [7, 11) is 0. The van der Waals surface area contributed by atoms with Gasteiger partial charge in [0.1, 0.15) is 0 Å². The van der Waals surface area contributed by atoms with Gasteiger partial charge in [0, 0.05) is 5.56 Å². The van der Waals surface area contributed by atoms with Gasteiger partial charge in [-0.15, -0.1) is 0 Å². The summed E-state index contributed by atoms with van der Waals surface area (Å²) < 4.78 is 0. The fourth-order valence-electron chi connectivity index (χ4n) is 0.884. The molecule has 0 aliphatic heterocycles. The van der Waals surface area contributed by atoms with Crippen molar-refractivity contribution < 1.29 is 10.8 Å². The average molecular weight is 138 g/mol. The van der Waals surface area contributed by atoms with Crippen LogP contribution in [0.15, 0.2) is 24.3 Å². The van der Waals surface area contributed by atoms with Gasteiger partial charge in [0.05, 0.1) is 13.2 Å². The molecule has 2 heteroatoms. The van der Waals surface area contributed by atoms with Gasteiger partial charge in [0.2, 0.25) is 0 Å². The summed E-state index contributed by atoms with van der Waals surface area (Å²) >= 11 is 0. The number of hydrogen-bond acceptors (Lipinski definition) is 1. The Morgan fingerprint density at radius 1 is 1.30 bits per heavy atom. The lowest BCUT2D eigenvalue weighted by Gasteiger charge is -1.96. The van der Waals surface area contributed by atoms with E-state index in [-0.39, 0.29) is 6.61 Å². The summed E-state index contributed by atoms with van der Waals surface area (Å²) in [5.41, 5.74) is 5.88. The van der Waals surface area contributed by atoms with Crippen molar-refractivity contribution in [1.29, 1.82) is 0 Å². The van der Waals surface area contributed by atoms with E-state index in [1.807, 2.05) is 24.3 Å². The number of benzene rings is 1. The zero-order chi connectivity index (χ0) is 7.40. The topological polar surface area (TPSA) is 47.9 Å². The fourth-order valence-corrected chi connectivity index (χ4v) is 0.884.